The summed E-state index contributed by atoms with van der Waals surface area (Å²) in [6, 6.07) is 6.00. The van der Waals surface area contributed by atoms with Gasteiger partial charge in [0, 0.05) is 23.5 Å². The Balaban J connectivity index is 1.81. The molecule has 0 atom stereocenters. The molecule has 1 aromatic carbocycles. The van der Waals surface area contributed by atoms with Gasteiger partial charge in [-0.15, -0.1) is 0 Å². The van der Waals surface area contributed by atoms with Gasteiger partial charge in [0.15, 0.2) is 0 Å². The average Bonchev–Trinajstić information content (AvgIpc) is 3.09. The molecule has 0 aliphatic rings. The molecule has 0 spiro atoms. The predicted molar refractivity (Wildman–Crippen MR) is 130 cm³/mol. The molecule has 0 aliphatic carbocycles. The highest BCUT2D eigenvalue weighted by Crippen LogP contribution is 2.32. The SMILES string of the molecule is COc1cc(Cc2cn(Cc3ncc(C)c(OC)c3C)c3nc(N)nc(Cl)c23)ccc1Br. The molecule has 9 heteroatoms. The van der Waals surface area contributed by atoms with Crippen molar-refractivity contribution in [1.29, 1.82) is 0 Å². The number of fused-ring (bicyclic) bond motifs is 1. The van der Waals surface area contributed by atoms with E-state index in [-0.39, 0.29) is 5.95 Å². The second kappa shape index (κ2) is 8.96. The Kier molecular flexibility index (Phi) is 6.26. The average molecular weight is 517 g/mol. The van der Waals surface area contributed by atoms with Crippen molar-refractivity contribution in [2.24, 2.45) is 0 Å². The van der Waals surface area contributed by atoms with Crippen LogP contribution in [0.25, 0.3) is 11.0 Å². The summed E-state index contributed by atoms with van der Waals surface area (Å²) in [7, 11) is 3.32. The summed E-state index contributed by atoms with van der Waals surface area (Å²) in [5, 5.41) is 1.11. The molecule has 4 aromatic rings. The molecule has 0 aliphatic heterocycles. The van der Waals surface area contributed by atoms with Crippen LogP contribution in [0.4, 0.5) is 5.95 Å². The summed E-state index contributed by atoms with van der Waals surface area (Å²) in [5.74, 6) is 1.73. The maximum absolute atomic E-state index is 6.52. The molecule has 0 unspecified atom stereocenters. The van der Waals surface area contributed by atoms with Gasteiger partial charge >= 0.3 is 0 Å². The third kappa shape index (κ3) is 4.12. The van der Waals surface area contributed by atoms with Crippen LogP contribution in [0.2, 0.25) is 5.15 Å². The van der Waals surface area contributed by atoms with Crippen molar-refractivity contribution in [3.8, 4) is 11.5 Å². The van der Waals surface area contributed by atoms with E-state index < -0.39 is 0 Å². The van der Waals surface area contributed by atoms with Gasteiger partial charge < -0.3 is 19.8 Å². The van der Waals surface area contributed by atoms with Crippen molar-refractivity contribution in [2.75, 3.05) is 20.0 Å². The molecule has 7 nitrogen and oxygen atoms in total. The number of hydrogen-bond acceptors (Lipinski definition) is 6. The summed E-state index contributed by atoms with van der Waals surface area (Å²) in [5.41, 5.74) is 11.5. The van der Waals surface area contributed by atoms with Gasteiger partial charge in [-0.25, -0.2) is 4.98 Å². The number of benzene rings is 1. The van der Waals surface area contributed by atoms with E-state index in [9.17, 15) is 0 Å². The number of pyridine rings is 1. The minimum Gasteiger partial charge on any atom is -0.496 e. The molecule has 4 rings (SSSR count). The fraction of sp³-hybridized carbons (Fsp3) is 0.261. The number of hydrogen-bond donors (Lipinski definition) is 1. The third-order valence-corrected chi connectivity index (χ3v) is 6.38. The lowest BCUT2D eigenvalue weighted by molar-refractivity contribution is 0.406. The normalized spacial score (nSPS) is 11.2. The lowest BCUT2D eigenvalue weighted by Crippen LogP contribution is -2.07. The Morgan fingerprint density at radius 3 is 2.66 bits per heavy atom. The number of aryl methyl sites for hydroxylation is 1. The maximum Gasteiger partial charge on any atom is 0.223 e. The van der Waals surface area contributed by atoms with Crippen LogP contribution in [0.1, 0.15) is 27.9 Å². The van der Waals surface area contributed by atoms with E-state index in [1.54, 1.807) is 14.2 Å². The van der Waals surface area contributed by atoms with Crippen LogP contribution in [0, 0.1) is 13.8 Å². The van der Waals surface area contributed by atoms with Crippen molar-refractivity contribution in [1.82, 2.24) is 19.5 Å². The van der Waals surface area contributed by atoms with E-state index in [2.05, 4.69) is 30.9 Å². The van der Waals surface area contributed by atoms with E-state index >= 15 is 0 Å². The predicted octanol–water partition coefficient (Wildman–Crippen LogP) is 5.10. The second-order valence-electron chi connectivity index (χ2n) is 7.55. The molecule has 0 radical (unpaired) electrons. The van der Waals surface area contributed by atoms with E-state index in [4.69, 9.17) is 26.8 Å². The zero-order valence-corrected chi connectivity index (χ0v) is 20.6. The lowest BCUT2D eigenvalue weighted by Gasteiger charge is -2.13. The van der Waals surface area contributed by atoms with Crippen molar-refractivity contribution in [2.45, 2.75) is 26.8 Å². The number of nitrogen functional groups attached to an aromatic ring is 1. The van der Waals surface area contributed by atoms with E-state index in [0.29, 0.717) is 23.8 Å². The van der Waals surface area contributed by atoms with Gasteiger partial charge in [0.1, 0.15) is 22.3 Å². The largest absolute Gasteiger partial charge is 0.496 e. The van der Waals surface area contributed by atoms with Crippen LogP contribution in [-0.4, -0.2) is 33.7 Å². The molecule has 0 bridgehead atoms. The number of ether oxygens (including phenoxy) is 2. The van der Waals surface area contributed by atoms with Crippen LogP contribution >= 0.6 is 27.5 Å². The monoisotopic (exact) mass is 515 g/mol. The first-order chi connectivity index (χ1) is 15.3. The van der Waals surface area contributed by atoms with Gasteiger partial charge in [0.05, 0.1) is 36.3 Å². The molecular weight excluding hydrogens is 494 g/mol. The third-order valence-electron chi connectivity index (χ3n) is 5.45. The summed E-state index contributed by atoms with van der Waals surface area (Å²) < 4.78 is 13.9. The Hall–Kier alpha value is -2.84. The molecule has 0 fully saturated rings. The van der Waals surface area contributed by atoms with Crippen LogP contribution in [0.15, 0.2) is 35.1 Å². The number of aromatic nitrogens is 4. The first kappa shape index (κ1) is 22.4. The highest BCUT2D eigenvalue weighted by atomic mass is 79.9. The van der Waals surface area contributed by atoms with Crippen LogP contribution < -0.4 is 15.2 Å². The number of anilines is 1. The molecule has 0 amide bonds. The smallest absolute Gasteiger partial charge is 0.223 e. The standard InChI is InChI=1S/C23H23BrClN5O2/c1-12-9-27-17(13(2)20(12)32-4)11-30-10-15(19-21(25)28-23(26)29-22(19)30)7-14-5-6-16(24)18(8-14)31-3/h5-6,8-10H,7,11H2,1-4H3,(H2,26,28,29). The van der Waals surface area contributed by atoms with Crippen LogP contribution in [0.5, 0.6) is 11.5 Å². The highest BCUT2D eigenvalue weighted by Gasteiger charge is 2.18. The minimum absolute atomic E-state index is 0.130. The van der Waals surface area contributed by atoms with Crippen LogP contribution in [-0.2, 0) is 13.0 Å². The Morgan fingerprint density at radius 1 is 1.16 bits per heavy atom. The molecule has 0 saturated heterocycles. The first-order valence-corrected chi connectivity index (χ1v) is 11.1. The van der Waals surface area contributed by atoms with E-state index in [1.807, 2.05) is 49.0 Å². The van der Waals surface area contributed by atoms with Crippen molar-refractivity contribution in [3.63, 3.8) is 0 Å². The fourth-order valence-corrected chi connectivity index (χ4v) is 4.62. The fourth-order valence-electron chi connectivity index (χ4n) is 3.92. The van der Waals surface area contributed by atoms with Crippen molar-refractivity contribution in [3.05, 3.63) is 68.2 Å². The van der Waals surface area contributed by atoms with E-state index in [1.165, 1.54) is 0 Å². The topological polar surface area (TPSA) is 88.1 Å². The molecule has 3 aromatic heterocycles. The first-order valence-electron chi connectivity index (χ1n) is 9.94. The number of methoxy groups -OCH3 is 2. The second-order valence-corrected chi connectivity index (χ2v) is 8.76. The lowest BCUT2D eigenvalue weighted by atomic mass is 10.1. The molecular formula is C23H23BrClN5O2. The van der Waals surface area contributed by atoms with Gasteiger partial charge in [-0.3, -0.25) is 4.98 Å². The molecule has 32 heavy (non-hydrogen) atoms. The zero-order chi connectivity index (χ0) is 23.0. The molecule has 3 heterocycles. The van der Waals surface area contributed by atoms with Gasteiger partial charge in [0.25, 0.3) is 0 Å². The minimum atomic E-state index is 0.130. The Bertz CT molecular complexity index is 1320. The summed E-state index contributed by atoms with van der Waals surface area (Å²) in [6.07, 6.45) is 4.48. The maximum atomic E-state index is 6.52. The highest BCUT2D eigenvalue weighted by molar-refractivity contribution is 9.10. The number of halogens is 2. The Morgan fingerprint density at radius 2 is 1.94 bits per heavy atom. The number of rotatable bonds is 6. The van der Waals surface area contributed by atoms with Gasteiger partial charge in [-0.05, 0) is 59.5 Å². The van der Waals surface area contributed by atoms with Gasteiger partial charge in [-0.1, -0.05) is 17.7 Å². The zero-order valence-electron chi connectivity index (χ0n) is 18.2. The van der Waals surface area contributed by atoms with Gasteiger partial charge in [0.2, 0.25) is 5.95 Å². The summed E-state index contributed by atoms with van der Waals surface area (Å²) >= 11 is 10.0. The quantitative estimate of drug-likeness (QED) is 0.359. The molecule has 2 N–H and O–H groups in total. The summed E-state index contributed by atoms with van der Waals surface area (Å²) in [4.78, 5) is 13.3. The van der Waals surface area contributed by atoms with Crippen LogP contribution in [0.3, 0.4) is 0 Å². The summed E-state index contributed by atoms with van der Waals surface area (Å²) in [6.45, 7) is 4.48. The van der Waals surface area contributed by atoms with Crippen molar-refractivity contribution < 1.29 is 9.47 Å². The number of nitrogens with two attached hydrogens (primary N) is 1. The van der Waals surface area contributed by atoms with Crippen molar-refractivity contribution >= 4 is 44.5 Å². The Labute approximate surface area is 199 Å². The molecule has 0 saturated carbocycles. The van der Waals surface area contributed by atoms with E-state index in [0.717, 1.165) is 49.3 Å². The molecule has 166 valence electrons. The van der Waals surface area contributed by atoms with Gasteiger partial charge in [-0.2, -0.15) is 4.98 Å². The number of nitrogens with zero attached hydrogens (tertiary/aromatic N) is 4.